The molecule has 2 aromatic rings. The molecular weight excluding hydrogens is 301 g/mol. The molecule has 0 radical (unpaired) electrons. The first-order valence-corrected chi connectivity index (χ1v) is 8.13. The number of nitrogens with zero attached hydrogens (tertiary/aromatic N) is 1. The van der Waals surface area contributed by atoms with Crippen molar-refractivity contribution in [3.63, 3.8) is 0 Å². The zero-order chi connectivity index (χ0) is 16.1. The van der Waals surface area contributed by atoms with Crippen molar-refractivity contribution < 1.29 is 14.2 Å². The standard InChI is InChI=1S/C17H22FNO2S/c1-12-6-7-22-17(12)11-19(9-13(2)20)10-14-8-15(21-3)4-5-16(14)18/h4-8,13,20H,9-11H2,1-3H3/t13-/m0/s1. The molecule has 120 valence electrons. The number of hydrogen-bond donors (Lipinski definition) is 1. The average Bonchev–Trinajstić information content (AvgIpc) is 2.86. The summed E-state index contributed by atoms with van der Waals surface area (Å²) >= 11 is 1.69. The van der Waals surface area contributed by atoms with Gasteiger partial charge in [-0.1, -0.05) is 0 Å². The lowest BCUT2D eigenvalue weighted by Crippen LogP contribution is -2.30. The molecule has 1 atom stereocenters. The maximum absolute atomic E-state index is 14.0. The quantitative estimate of drug-likeness (QED) is 0.845. The van der Waals surface area contributed by atoms with Gasteiger partial charge in [-0.25, -0.2) is 4.39 Å². The minimum absolute atomic E-state index is 0.251. The van der Waals surface area contributed by atoms with Gasteiger partial charge in [-0.3, -0.25) is 4.90 Å². The fourth-order valence-corrected chi connectivity index (χ4v) is 3.32. The number of hydrogen-bond acceptors (Lipinski definition) is 4. The molecule has 0 bridgehead atoms. The number of aryl methyl sites for hydroxylation is 1. The zero-order valence-corrected chi connectivity index (χ0v) is 14.0. The number of thiophene rings is 1. The molecular formula is C17H22FNO2S. The Bertz CT molecular complexity index is 612. The van der Waals surface area contributed by atoms with Crippen LogP contribution in [0.5, 0.6) is 5.75 Å². The van der Waals surface area contributed by atoms with Gasteiger partial charge in [0.25, 0.3) is 0 Å². The maximum atomic E-state index is 14.0. The van der Waals surface area contributed by atoms with Gasteiger partial charge in [0.05, 0.1) is 13.2 Å². The van der Waals surface area contributed by atoms with Crippen molar-refractivity contribution >= 4 is 11.3 Å². The molecule has 1 aromatic heterocycles. The molecule has 5 heteroatoms. The lowest BCUT2D eigenvalue weighted by molar-refractivity contribution is 0.118. The largest absolute Gasteiger partial charge is 0.497 e. The van der Waals surface area contributed by atoms with Crippen LogP contribution in [0, 0.1) is 12.7 Å². The predicted molar refractivity (Wildman–Crippen MR) is 87.8 cm³/mol. The molecule has 0 aliphatic carbocycles. The van der Waals surface area contributed by atoms with Crippen molar-refractivity contribution in [2.45, 2.75) is 33.0 Å². The molecule has 22 heavy (non-hydrogen) atoms. The summed E-state index contributed by atoms with van der Waals surface area (Å²) in [5.74, 6) is 0.389. The van der Waals surface area contributed by atoms with Gasteiger partial charge in [-0.2, -0.15) is 0 Å². The third kappa shape index (κ3) is 4.53. The zero-order valence-electron chi connectivity index (χ0n) is 13.2. The maximum Gasteiger partial charge on any atom is 0.127 e. The summed E-state index contributed by atoms with van der Waals surface area (Å²) < 4.78 is 19.2. The van der Waals surface area contributed by atoms with Crippen LogP contribution in [0.2, 0.25) is 0 Å². The molecule has 2 rings (SSSR count). The average molecular weight is 323 g/mol. The highest BCUT2D eigenvalue weighted by atomic mass is 32.1. The van der Waals surface area contributed by atoms with Crippen LogP contribution in [0.1, 0.15) is 22.9 Å². The van der Waals surface area contributed by atoms with E-state index in [4.69, 9.17) is 4.74 Å². The highest BCUT2D eigenvalue weighted by Gasteiger charge is 2.15. The summed E-state index contributed by atoms with van der Waals surface area (Å²) in [6, 6.07) is 6.82. The minimum atomic E-state index is -0.464. The minimum Gasteiger partial charge on any atom is -0.497 e. The second-order valence-corrected chi connectivity index (χ2v) is 6.50. The molecule has 1 aromatic carbocycles. The second kappa shape index (κ2) is 7.72. The van der Waals surface area contributed by atoms with Crippen molar-refractivity contribution in [2.24, 2.45) is 0 Å². The van der Waals surface area contributed by atoms with E-state index in [1.165, 1.54) is 16.5 Å². The highest BCUT2D eigenvalue weighted by molar-refractivity contribution is 7.10. The Morgan fingerprint density at radius 3 is 2.68 bits per heavy atom. The SMILES string of the molecule is COc1ccc(F)c(CN(Cc2sccc2C)C[C@H](C)O)c1. The number of halogens is 1. The molecule has 0 amide bonds. The first kappa shape index (κ1) is 16.9. The topological polar surface area (TPSA) is 32.7 Å². The molecule has 1 N–H and O–H groups in total. The van der Waals surface area contributed by atoms with Crippen LogP contribution in [0.3, 0.4) is 0 Å². The van der Waals surface area contributed by atoms with E-state index in [1.807, 2.05) is 0 Å². The number of methoxy groups -OCH3 is 1. The van der Waals surface area contributed by atoms with Crippen molar-refractivity contribution in [1.82, 2.24) is 4.90 Å². The molecule has 0 saturated carbocycles. The lowest BCUT2D eigenvalue weighted by atomic mass is 10.1. The van der Waals surface area contributed by atoms with E-state index in [0.29, 0.717) is 30.9 Å². The van der Waals surface area contributed by atoms with Gasteiger partial charge in [0, 0.05) is 30.1 Å². The van der Waals surface area contributed by atoms with E-state index in [2.05, 4.69) is 23.3 Å². The summed E-state index contributed by atoms with van der Waals surface area (Å²) in [5, 5.41) is 11.8. The molecule has 0 saturated heterocycles. The smallest absolute Gasteiger partial charge is 0.127 e. The fourth-order valence-electron chi connectivity index (χ4n) is 2.37. The van der Waals surface area contributed by atoms with Gasteiger partial charge in [-0.05, 0) is 49.1 Å². The Kier molecular flexibility index (Phi) is 5.94. The van der Waals surface area contributed by atoms with E-state index in [-0.39, 0.29) is 5.82 Å². The van der Waals surface area contributed by atoms with Gasteiger partial charge in [0.15, 0.2) is 0 Å². The Balaban J connectivity index is 2.17. The van der Waals surface area contributed by atoms with E-state index in [0.717, 1.165) is 0 Å². The normalized spacial score (nSPS) is 12.6. The Hall–Kier alpha value is -1.43. The number of ether oxygens (including phenoxy) is 1. The highest BCUT2D eigenvalue weighted by Crippen LogP contribution is 2.22. The van der Waals surface area contributed by atoms with Crippen LogP contribution in [0.25, 0.3) is 0 Å². The fraction of sp³-hybridized carbons (Fsp3) is 0.412. The molecule has 3 nitrogen and oxygen atoms in total. The van der Waals surface area contributed by atoms with Gasteiger partial charge in [0.1, 0.15) is 11.6 Å². The van der Waals surface area contributed by atoms with E-state index in [1.54, 1.807) is 37.5 Å². The second-order valence-electron chi connectivity index (χ2n) is 5.50. The van der Waals surface area contributed by atoms with Gasteiger partial charge in [-0.15, -0.1) is 11.3 Å². The third-order valence-electron chi connectivity index (χ3n) is 3.50. The van der Waals surface area contributed by atoms with Crippen molar-refractivity contribution in [2.75, 3.05) is 13.7 Å². The summed E-state index contributed by atoms with van der Waals surface area (Å²) in [6.45, 7) is 5.44. The first-order valence-electron chi connectivity index (χ1n) is 7.25. The van der Waals surface area contributed by atoms with E-state index < -0.39 is 6.10 Å². The van der Waals surface area contributed by atoms with Gasteiger partial charge in [0.2, 0.25) is 0 Å². The first-order chi connectivity index (χ1) is 10.5. The molecule has 0 spiro atoms. The van der Waals surface area contributed by atoms with Crippen LogP contribution in [0.4, 0.5) is 4.39 Å². The summed E-state index contributed by atoms with van der Waals surface area (Å²) in [5.41, 5.74) is 1.81. The number of aliphatic hydroxyl groups is 1. The number of rotatable bonds is 7. The Morgan fingerprint density at radius 1 is 1.32 bits per heavy atom. The van der Waals surface area contributed by atoms with Crippen LogP contribution in [-0.2, 0) is 13.1 Å². The lowest BCUT2D eigenvalue weighted by Gasteiger charge is -2.24. The number of benzene rings is 1. The van der Waals surface area contributed by atoms with Crippen LogP contribution in [0.15, 0.2) is 29.6 Å². The molecule has 0 aliphatic rings. The number of aliphatic hydroxyl groups excluding tert-OH is 1. The van der Waals surface area contributed by atoms with Crippen molar-refractivity contribution in [3.8, 4) is 5.75 Å². The van der Waals surface area contributed by atoms with Crippen molar-refractivity contribution in [1.29, 1.82) is 0 Å². The van der Waals surface area contributed by atoms with E-state index in [9.17, 15) is 9.50 Å². The molecule has 1 heterocycles. The molecule has 0 aliphatic heterocycles. The van der Waals surface area contributed by atoms with Crippen LogP contribution < -0.4 is 4.74 Å². The summed E-state index contributed by atoms with van der Waals surface area (Å²) in [4.78, 5) is 3.30. The third-order valence-corrected chi connectivity index (χ3v) is 4.51. The monoisotopic (exact) mass is 323 g/mol. The van der Waals surface area contributed by atoms with Crippen LogP contribution >= 0.6 is 11.3 Å². The van der Waals surface area contributed by atoms with Gasteiger partial charge >= 0.3 is 0 Å². The molecule has 0 fully saturated rings. The van der Waals surface area contributed by atoms with Gasteiger partial charge < -0.3 is 9.84 Å². The van der Waals surface area contributed by atoms with E-state index >= 15 is 0 Å². The predicted octanol–water partition coefficient (Wildman–Crippen LogP) is 3.59. The summed E-state index contributed by atoms with van der Waals surface area (Å²) in [7, 11) is 1.57. The molecule has 0 unspecified atom stereocenters. The Morgan fingerprint density at radius 2 is 2.09 bits per heavy atom. The Labute approximate surface area is 135 Å². The van der Waals surface area contributed by atoms with Crippen LogP contribution in [-0.4, -0.2) is 29.8 Å². The summed E-state index contributed by atoms with van der Waals surface area (Å²) in [6.07, 6.45) is -0.464. The van der Waals surface area contributed by atoms with Crippen molar-refractivity contribution in [3.05, 3.63) is 51.5 Å².